The SMILES string of the molecule is CC1(O)CCC2N=C(Br)N=C21. The van der Waals surface area contributed by atoms with E-state index in [1.54, 1.807) is 6.92 Å². The van der Waals surface area contributed by atoms with Crippen LogP contribution in [0.4, 0.5) is 0 Å². The number of halogens is 1. The van der Waals surface area contributed by atoms with Crippen LogP contribution >= 0.6 is 15.9 Å². The molecule has 0 saturated heterocycles. The molecule has 2 aliphatic rings. The highest BCUT2D eigenvalue weighted by atomic mass is 79.9. The van der Waals surface area contributed by atoms with E-state index in [1.165, 1.54) is 0 Å². The second-order valence-corrected chi connectivity index (χ2v) is 3.93. The summed E-state index contributed by atoms with van der Waals surface area (Å²) in [6.45, 7) is 1.80. The molecule has 2 rings (SSSR count). The van der Waals surface area contributed by atoms with E-state index in [0.29, 0.717) is 4.74 Å². The van der Waals surface area contributed by atoms with E-state index in [-0.39, 0.29) is 6.04 Å². The highest BCUT2D eigenvalue weighted by Gasteiger charge is 2.42. The lowest BCUT2D eigenvalue weighted by atomic mass is 10.0. The Bertz CT molecular complexity index is 257. The predicted molar refractivity (Wildman–Crippen MR) is 47.4 cm³/mol. The third-order valence-electron chi connectivity index (χ3n) is 2.25. The Hall–Kier alpha value is -0.220. The Kier molecular flexibility index (Phi) is 1.44. The van der Waals surface area contributed by atoms with Gasteiger partial charge < -0.3 is 5.11 Å². The zero-order chi connectivity index (χ0) is 8.06. The van der Waals surface area contributed by atoms with Gasteiger partial charge in [-0.15, -0.1) is 0 Å². The molecule has 1 aliphatic heterocycles. The molecule has 1 N–H and O–H groups in total. The molecule has 0 aromatic rings. The number of hydrogen-bond acceptors (Lipinski definition) is 3. The van der Waals surface area contributed by atoms with Gasteiger partial charge in [0.2, 0.25) is 0 Å². The Morgan fingerprint density at radius 1 is 1.73 bits per heavy atom. The first-order valence-corrected chi connectivity index (χ1v) is 4.44. The maximum absolute atomic E-state index is 9.76. The van der Waals surface area contributed by atoms with E-state index in [2.05, 4.69) is 25.9 Å². The van der Waals surface area contributed by atoms with Crippen molar-refractivity contribution in [2.75, 3.05) is 0 Å². The number of aliphatic hydroxyl groups is 1. The van der Waals surface area contributed by atoms with Crippen molar-refractivity contribution in [3.63, 3.8) is 0 Å². The first-order chi connectivity index (χ1) is 5.09. The Morgan fingerprint density at radius 2 is 2.45 bits per heavy atom. The van der Waals surface area contributed by atoms with Gasteiger partial charge in [-0.25, -0.2) is 4.99 Å². The summed E-state index contributed by atoms with van der Waals surface area (Å²) < 4.78 is 0.623. The summed E-state index contributed by atoms with van der Waals surface area (Å²) in [4.78, 5) is 8.35. The third-order valence-corrected chi connectivity index (χ3v) is 2.63. The van der Waals surface area contributed by atoms with E-state index < -0.39 is 5.60 Å². The van der Waals surface area contributed by atoms with Crippen molar-refractivity contribution in [2.45, 2.75) is 31.4 Å². The van der Waals surface area contributed by atoms with Gasteiger partial charge in [-0.2, -0.15) is 0 Å². The van der Waals surface area contributed by atoms with Crippen LogP contribution in [0.2, 0.25) is 0 Å². The summed E-state index contributed by atoms with van der Waals surface area (Å²) in [6.07, 6.45) is 1.70. The van der Waals surface area contributed by atoms with E-state index in [4.69, 9.17) is 0 Å². The summed E-state index contributed by atoms with van der Waals surface area (Å²) >= 11 is 3.20. The second kappa shape index (κ2) is 2.14. The van der Waals surface area contributed by atoms with Crippen LogP contribution in [0.5, 0.6) is 0 Å². The van der Waals surface area contributed by atoms with Crippen molar-refractivity contribution >= 4 is 26.4 Å². The molecule has 4 heteroatoms. The van der Waals surface area contributed by atoms with Gasteiger partial charge in [-0.05, 0) is 35.7 Å². The number of amidine groups is 1. The van der Waals surface area contributed by atoms with Gasteiger partial charge in [0, 0.05) is 0 Å². The van der Waals surface area contributed by atoms with Crippen LogP contribution in [0.3, 0.4) is 0 Å². The van der Waals surface area contributed by atoms with Crippen molar-refractivity contribution in [1.82, 2.24) is 0 Å². The van der Waals surface area contributed by atoms with Crippen LogP contribution < -0.4 is 0 Å². The van der Waals surface area contributed by atoms with Gasteiger partial charge in [0.25, 0.3) is 0 Å². The summed E-state index contributed by atoms with van der Waals surface area (Å²) in [5.74, 6) is 0. The second-order valence-electron chi connectivity index (χ2n) is 3.22. The van der Waals surface area contributed by atoms with E-state index in [9.17, 15) is 5.11 Å². The standard InChI is InChI=1S/C7H9BrN2O/c1-7(11)3-2-4-5(7)10-6(8)9-4/h4,11H,2-3H2,1H3. The monoisotopic (exact) mass is 216 g/mol. The summed E-state index contributed by atoms with van der Waals surface area (Å²) in [6, 6.07) is 0.138. The van der Waals surface area contributed by atoms with E-state index >= 15 is 0 Å². The van der Waals surface area contributed by atoms with Crippen LogP contribution in [-0.2, 0) is 0 Å². The van der Waals surface area contributed by atoms with Crippen LogP contribution in [-0.4, -0.2) is 27.2 Å². The maximum Gasteiger partial charge on any atom is 0.192 e. The molecule has 0 aromatic heterocycles. The van der Waals surface area contributed by atoms with Crippen molar-refractivity contribution in [2.24, 2.45) is 9.98 Å². The quantitative estimate of drug-likeness (QED) is 0.607. The minimum absolute atomic E-state index is 0.138. The molecule has 0 amide bonds. The molecule has 1 heterocycles. The van der Waals surface area contributed by atoms with Crippen LogP contribution in [0, 0.1) is 0 Å². The molecule has 3 nitrogen and oxygen atoms in total. The fraction of sp³-hybridized carbons (Fsp3) is 0.714. The fourth-order valence-corrected chi connectivity index (χ4v) is 2.06. The van der Waals surface area contributed by atoms with Gasteiger partial charge in [-0.3, -0.25) is 4.99 Å². The Morgan fingerprint density at radius 3 is 3.09 bits per heavy atom. The number of rotatable bonds is 0. The van der Waals surface area contributed by atoms with Crippen molar-refractivity contribution in [3.8, 4) is 0 Å². The molecule has 0 radical (unpaired) electrons. The molecule has 2 atom stereocenters. The van der Waals surface area contributed by atoms with Gasteiger partial charge in [0.05, 0.1) is 11.8 Å². The summed E-state index contributed by atoms with van der Waals surface area (Å²) in [7, 11) is 0. The third kappa shape index (κ3) is 1.05. The maximum atomic E-state index is 9.76. The molecule has 0 aromatic carbocycles. The molecule has 1 saturated carbocycles. The lowest BCUT2D eigenvalue weighted by molar-refractivity contribution is 0.134. The molecule has 0 spiro atoms. The highest BCUT2D eigenvalue weighted by Crippen LogP contribution is 2.32. The molecular formula is C7H9BrN2O. The van der Waals surface area contributed by atoms with Crippen molar-refractivity contribution in [3.05, 3.63) is 0 Å². The van der Waals surface area contributed by atoms with Gasteiger partial charge >= 0.3 is 0 Å². The molecule has 1 fully saturated rings. The number of fused-ring (bicyclic) bond motifs is 1. The Labute approximate surface area is 73.4 Å². The van der Waals surface area contributed by atoms with Crippen LogP contribution in [0.25, 0.3) is 0 Å². The fourth-order valence-electron chi connectivity index (χ4n) is 1.62. The molecule has 2 unspecified atom stereocenters. The average Bonchev–Trinajstić information content (AvgIpc) is 2.35. The highest BCUT2D eigenvalue weighted by molar-refractivity contribution is 9.18. The molecule has 1 aliphatic carbocycles. The largest absolute Gasteiger partial charge is 0.384 e. The van der Waals surface area contributed by atoms with Gasteiger partial charge in [-0.1, -0.05) is 0 Å². The molecular weight excluding hydrogens is 208 g/mol. The van der Waals surface area contributed by atoms with Gasteiger partial charge in [0.15, 0.2) is 4.74 Å². The predicted octanol–water partition coefficient (Wildman–Crippen LogP) is 1.11. The average molecular weight is 217 g/mol. The van der Waals surface area contributed by atoms with Crippen molar-refractivity contribution in [1.29, 1.82) is 0 Å². The molecule has 11 heavy (non-hydrogen) atoms. The molecule has 60 valence electrons. The zero-order valence-electron chi connectivity index (χ0n) is 6.21. The van der Waals surface area contributed by atoms with Crippen LogP contribution in [0.15, 0.2) is 9.98 Å². The number of aliphatic imine (C=N–C) groups is 2. The summed E-state index contributed by atoms with van der Waals surface area (Å²) in [5.41, 5.74) is 0.105. The van der Waals surface area contributed by atoms with E-state index in [1.807, 2.05) is 0 Å². The minimum atomic E-state index is -0.719. The first kappa shape index (κ1) is 7.43. The van der Waals surface area contributed by atoms with E-state index in [0.717, 1.165) is 18.6 Å². The first-order valence-electron chi connectivity index (χ1n) is 3.64. The lowest BCUT2D eigenvalue weighted by Gasteiger charge is -2.15. The Balaban J connectivity index is 2.35. The van der Waals surface area contributed by atoms with Crippen molar-refractivity contribution < 1.29 is 5.11 Å². The smallest absolute Gasteiger partial charge is 0.192 e. The normalized spacial score (nSPS) is 41.9. The molecule has 0 bridgehead atoms. The minimum Gasteiger partial charge on any atom is -0.384 e. The lowest BCUT2D eigenvalue weighted by Crippen LogP contribution is -2.32. The number of nitrogens with zero attached hydrogens (tertiary/aromatic N) is 2. The van der Waals surface area contributed by atoms with Crippen LogP contribution in [0.1, 0.15) is 19.8 Å². The zero-order valence-corrected chi connectivity index (χ0v) is 7.80. The topological polar surface area (TPSA) is 45.0 Å². The number of hydrogen-bond donors (Lipinski definition) is 1. The summed E-state index contributed by atoms with van der Waals surface area (Å²) in [5, 5.41) is 9.76. The van der Waals surface area contributed by atoms with Gasteiger partial charge in [0.1, 0.15) is 5.60 Å².